The summed E-state index contributed by atoms with van der Waals surface area (Å²) in [5.74, 6) is 0. The van der Waals surface area contributed by atoms with Gasteiger partial charge in [0.1, 0.15) is 0 Å². The van der Waals surface area contributed by atoms with Gasteiger partial charge in [-0.3, -0.25) is 0 Å². The van der Waals surface area contributed by atoms with Gasteiger partial charge in [-0.2, -0.15) is 0 Å². The molecule has 0 bridgehead atoms. The van der Waals surface area contributed by atoms with Gasteiger partial charge in [0.15, 0.2) is 0 Å². The van der Waals surface area contributed by atoms with Gasteiger partial charge >= 0.3 is 0 Å². The molecule has 0 N–H and O–H groups in total. The number of para-hydroxylation sites is 1. The van der Waals surface area contributed by atoms with E-state index >= 15 is 0 Å². The molecular weight excluding hydrogens is 1000 g/mol. The van der Waals surface area contributed by atoms with Crippen LogP contribution in [0.1, 0.15) is 0 Å². The highest BCUT2D eigenvalue weighted by atomic mass is 32.3. The number of benzene rings is 12. The highest BCUT2D eigenvalue weighted by Crippen LogP contribution is 2.50. The Labute approximate surface area is 476 Å². The highest BCUT2D eigenvalue weighted by Gasteiger charge is 2.22. The molecule has 0 fully saturated rings. The number of fused-ring (bicyclic) bond motifs is 4. The van der Waals surface area contributed by atoms with Crippen molar-refractivity contribution in [3.63, 3.8) is 0 Å². The van der Waals surface area contributed by atoms with Gasteiger partial charge in [-0.05, 0) is 238 Å². The van der Waals surface area contributed by atoms with Crippen LogP contribution in [0.3, 0.4) is 0 Å². The van der Waals surface area contributed by atoms with Gasteiger partial charge in [-0.15, -0.1) is 0 Å². The van der Waals surface area contributed by atoms with Crippen LogP contribution in [0.4, 0.5) is 28.4 Å². The highest BCUT2D eigenvalue weighted by molar-refractivity contribution is 8.32. The first-order valence-electron chi connectivity index (χ1n) is 27.3. The molecule has 0 aromatic heterocycles. The predicted octanol–water partition coefficient (Wildman–Crippen LogP) is 21.9. The van der Waals surface area contributed by atoms with Crippen molar-refractivity contribution >= 4 is 91.6 Å². The SMILES string of the molecule is C=C/C=C(\C=C)N(c1ccc(-c2c3ccccc3c(-c3cccc(-c4c5ccccc5c(-c5ccc(N(c6ccccc6)c6ccc(S(C)(C)C)cc6)cc5)c5ccccc45)c3)c3ccccc23)cc1)c1ccc(S(C)(C)C)cc1. The molecule has 12 rings (SSSR count). The Morgan fingerprint density at radius 3 is 0.950 bits per heavy atom. The first kappa shape index (κ1) is 51.9. The molecule has 392 valence electrons. The molecule has 0 saturated heterocycles. The Bertz CT molecular complexity index is 4200. The van der Waals surface area contributed by atoms with Gasteiger partial charge < -0.3 is 9.80 Å². The molecule has 0 saturated carbocycles. The minimum Gasteiger partial charge on any atom is -0.311 e. The van der Waals surface area contributed by atoms with E-state index in [1.807, 2.05) is 18.2 Å². The van der Waals surface area contributed by atoms with Gasteiger partial charge in [0, 0.05) is 34.1 Å². The van der Waals surface area contributed by atoms with E-state index < -0.39 is 20.1 Å². The molecule has 0 aliphatic heterocycles. The van der Waals surface area contributed by atoms with Gasteiger partial charge in [-0.1, -0.05) is 177 Å². The molecular formula is C76H66N2S2. The number of allylic oxidation sites excluding steroid dienone is 3. The molecule has 0 unspecified atom stereocenters. The zero-order chi connectivity index (χ0) is 55.1. The van der Waals surface area contributed by atoms with E-state index in [9.17, 15) is 0 Å². The second-order valence-electron chi connectivity index (χ2n) is 22.1. The second-order valence-corrected chi connectivity index (χ2v) is 30.3. The largest absolute Gasteiger partial charge is 0.311 e. The van der Waals surface area contributed by atoms with Crippen LogP contribution in [0.15, 0.2) is 296 Å². The number of hydrogen-bond donors (Lipinski definition) is 0. The molecule has 0 aliphatic rings. The van der Waals surface area contributed by atoms with Gasteiger partial charge in [0.25, 0.3) is 0 Å². The molecule has 4 heteroatoms. The van der Waals surface area contributed by atoms with E-state index in [2.05, 4.69) is 309 Å². The third-order valence-corrected chi connectivity index (χ3v) is 18.9. The fraction of sp³-hybridized carbons (Fsp3) is 0.0789. The fourth-order valence-electron chi connectivity index (χ4n) is 11.7. The van der Waals surface area contributed by atoms with E-state index in [0.29, 0.717) is 0 Å². The van der Waals surface area contributed by atoms with E-state index in [0.717, 1.165) is 39.7 Å². The Morgan fingerprint density at radius 1 is 0.312 bits per heavy atom. The summed E-state index contributed by atoms with van der Waals surface area (Å²) in [5.41, 5.74) is 16.1. The van der Waals surface area contributed by atoms with E-state index in [-0.39, 0.29) is 0 Å². The van der Waals surface area contributed by atoms with Crippen LogP contribution in [0.5, 0.6) is 0 Å². The Hall–Kier alpha value is -8.80. The minimum atomic E-state index is -0.869. The molecule has 12 aromatic rings. The third kappa shape index (κ3) is 9.70. The lowest BCUT2D eigenvalue weighted by Crippen LogP contribution is -2.15. The van der Waals surface area contributed by atoms with E-state index in [1.165, 1.54) is 91.8 Å². The number of rotatable bonds is 14. The lowest BCUT2D eigenvalue weighted by Gasteiger charge is -2.29. The molecule has 0 atom stereocenters. The van der Waals surface area contributed by atoms with Crippen molar-refractivity contribution in [1.29, 1.82) is 0 Å². The quantitative estimate of drug-likeness (QED) is 0.0791. The van der Waals surface area contributed by atoms with E-state index in [4.69, 9.17) is 0 Å². The van der Waals surface area contributed by atoms with Crippen molar-refractivity contribution in [3.8, 4) is 44.5 Å². The van der Waals surface area contributed by atoms with Crippen LogP contribution in [0.2, 0.25) is 0 Å². The van der Waals surface area contributed by atoms with Crippen LogP contribution in [0, 0.1) is 0 Å². The summed E-state index contributed by atoms with van der Waals surface area (Å²) in [7, 11) is -1.72. The van der Waals surface area contributed by atoms with Crippen molar-refractivity contribution in [3.05, 3.63) is 286 Å². The monoisotopic (exact) mass is 1070 g/mol. The van der Waals surface area contributed by atoms with Crippen LogP contribution < -0.4 is 9.80 Å². The minimum absolute atomic E-state index is 0.849. The van der Waals surface area contributed by atoms with Gasteiger partial charge in [-0.25, -0.2) is 20.1 Å². The lowest BCUT2D eigenvalue weighted by molar-refractivity contribution is 1.20. The number of nitrogens with zero attached hydrogens (tertiary/aromatic N) is 2. The summed E-state index contributed by atoms with van der Waals surface area (Å²) in [6.45, 7) is 8.25. The molecule has 0 spiro atoms. The van der Waals surface area contributed by atoms with Crippen molar-refractivity contribution in [2.75, 3.05) is 47.3 Å². The van der Waals surface area contributed by atoms with Crippen LogP contribution in [-0.4, -0.2) is 37.5 Å². The smallest absolute Gasteiger partial charge is 0.0462 e. The van der Waals surface area contributed by atoms with E-state index in [1.54, 1.807) is 0 Å². The third-order valence-electron chi connectivity index (χ3n) is 15.5. The first-order valence-corrected chi connectivity index (χ1v) is 33.0. The number of hydrogen-bond acceptors (Lipinski definition) is 2. The Kier molecular flexibility index (Phi) is 13.9. The Morgan fingerprint density at radius 2 is 0.613 bits per heavy atom. The molecule has 0 heterocycles. The van der Waals surface area contributed by atoms with Crippen molar-refractivity contribution in [1.82, 2.24) is 0 Å². The summed E-state index contributed by atoms with van der Waals surface area (Å²) in [6, 6.07) is 92.2. The maximum Gasteiger partial charge on any atom is 0.0462 e. The first-order chi connectivity index (χ1) is 38.9. The molecule has 0 amide bonds. The predicted molar refractivity (Wildman–Crippen MR) is 357 cm³/mol. The van der Waals surface area contributed by atoms with Gasteiger partial charge in [0.05, 0.1) is 0 Å². The average Bonchev–Trinajstić information content (AvgIpc) is 3.53. The van der Waals surface area contributed by atoms with Crippen LogP contribution in [0.25, 0.3) is 87.6 Å². The maximum absolute atomic E-state index is 4.21. The van der Waals surface area contributed by atoms with Crippen LogP contribution in [-0.2, 0) is 0 Å². The molecule has 0 radical (unpaired) electrons. The summed E-state index contributed by atoms with van der Waals surface area (Å²) < 4.78 is 0. The number of anilines is 5. The zero-order valence-corrected chi connectivity index (χ0v) is 48.2. The topological polar surface area (TPSA) is 6.48 Å². The fourth-order valence-corrected chi connectivity index (χ4v) is 13.6. The molecule has 0 aliphatic carbocycles. The Balaban J connectivity index is 0.958. The molecule has 80 heavy (non-hydrogen) atoms. The summed E-state index contributed by atoms with van der Waals surface area (Å²) in [4.78, 5) is 7.40. The zero-order valence-electron chi connectivity index (χ0n) is 46.5. The van der Waals surface area contributed by atoms with Crippen molar-refractivity contribution < 1.29 is 0 Å². The summed E-state index contributed by atoms with van der Waals surface area (Å²) >= 11 is 0. The molecule has 12 aromatic carbocycles. The maximum atomic E-state index is 4.21. The average molecular weight is 1070 g/mol. The van der Waals surface area contributed by atoms with Crippen LogP contribution >= 0.6 is 20.1 Å². The van der Waals surface area contributed by atoms with Gasteiger partial charge in [0.2, 0.25) is 0 Å². The molecule has 2 nitrogen and oxygen atoms in total. The van der Waals surface area contributed by atoms with Crippen molar-refractivity contribution in [2.24, 2.45) is 0 Å². The van der Waals surface area contributed by atoms with Crippen molar-refractivity contribution in [2.45, 2.75) is 9.79 Å². The normalized spacial score (nSPS) is 12.4. The standard InChI is InChI=1S/C76H66N2S2/c1-9-23-57(10-2)77(61-44-48-63(49-45-61)79(3,4)5)59-40-36-53(37-41-59)73-65-28-14-18-32-69(65)75(70-33-19-15-29-66(70)73)55-24-22-25-56(52-55)76-71-34-20-16-30-67(71)74(68-31-17-21-35-72(68)76)54-38-42-60(43-39-54)78(58-26-12-11-13-27-58)62-46-50-64(51-47-62)80(6,7)8/h9-52H,1-2H2,3-8H3/b57-23+. The second kappa shape index (κ2) is 21.4. The summed E-state index contributed by atoms with van der Waals surface area (Å²) in [6.07, 6.45) is 19.8. The summed E-state index contributed by atoms with van der Waals surface area (Å²) in [5, 5.41) is 9.77. The lowest BCUT2D eigenvalue weighted by atomic mass is 9.83.